The molecule has 1 amide bonds. The van der Waals surface area contributed by atoms with E-state index in [2.05, 4.69) is 20.6 Å². The van der Waals surface area contributed by atoms with Crippen LogP contribution in [0.15, 0.2) is 60.9 Å². The smallest absolute Gasteiger partial charge is 0.339 e. The van der Waals surface area contributed by atoms with Crippen molar-refractivity contribution in [3.8, 4) is 5.75 Å². The molecule has 0 saturated carbocycles. The molecule has 8 heteroatoms. The van der Waals surface area contributed by atoms with Crippen molar-refractivity contribution in [2.45, 2.75) is 6.54 Å². The highest BCUT2D eigenvalue weighted by Crippen LogP contribution is 2.17. The summed E-state index contributed by atoms with van der Waals surface area (Å²) in [5.41, 5.74) is 1.77. The Hall–Kier alpha value is -3.94. The van der Waals surface area contributed by atoms with Crippen LogP contribution >= 0.6 is 0 Å². The van der Waals surface area contributed by atoms with Crippen molar-refractivity contribution in [2.75, 3.05) is 24.9 Å². The normalized spacial score (nSPS) is 10.1. The van der Waals surface area contributed by atoms with Gasteiger partial charge in [0.2, 0.25) is 0 Å². The van der Waals surface area contributed by atoms with Crippen molar-refractivity contribution in [3.05, 3.63) is 77.7 Å². The van der Waals surface area contributed by atoms with E-state index in [1.807, 2.05) is 24.3 Å². The quantitative estimate of drug-likeness (QED) is 0.596. The van der Waals surface area contributed by atoms with Gasteiger partial charge in [0, 0.05) is 6.54 Å². The third kappa shape index (κ3) is 5.07. The Bertz CT molecular complexity index is 988. The molecule has 0 atom stereocenters. The number of carbonyl (C=O) groups is 2. The van der Waals surface area contributed by atoms with Crippen molar-refractivity contribution >= 4 is 23.4 Å². The molecule has 0 radical (unpaired) electrons. The van der Waals surface area contributed by atoms with E-state index < -0.39 is 11.9 Å². The van der Waals surface area contributed by atoms with Crippen LogP contribution in [-0.2, 0) is 11.3 Å². The fourth-order valence-corrected chi connectivity index (χ4v) is 2.54. The number of amides is 1. The van der Waals surface area contributed by atoms with Gasteiger partial charge in [-0.15, -0.1) is 0 Å². The summed E-state index contributed by atoms with van der Waals surface area (Å²) < 4.78 is 9.85. The molecule has 1 heterocycles. The number of hydrogen-bond acceptors (Lipinski definition) is 7. The number of para-hydroxylation sites is 1. The molecule has 0 unspecified atom stereocenters. The van der Waals surface area contributed by atoms with Crippen molar-refractivity contribution in [3.63, 3.8) is 0 Å². The van der Waals surface area contributed by atoms with Crippen molar-refractivity contribution in [1.82, 2.24) is 9.97 Å². The van der Waals surface area contributed by atoms with Crippen LogP contribution in [0.2, 0.25) is 0 Å². The Balaban J connectivity index is 1.62. The molecule has 3 rings (SSSR count). The minimum Gasteiger partial charge on any atom is -0.497 e. The highest BCUT2D eigenvalue weighted by Gasteiger charge is 2.15. The number of rotatable bonds is 7. The Morgan fingerprint density at radius 2 is 1.72 bits per heavy atom. The lowest BCUT2D eigenvalue weighted by Crippen LogP contribution is -2.17. The monoisotopic (exact) mass is 392 g/mol. The van der Waals surface area contributed by atoms with E-state index in [1.165, 1.54) is 19.5 Å². The second-order valence-corrected chi connectivity index (χ2v) is 5.98. The number of carbonyl (C=O) groups excluding carboxylic acids is 2. The molecular formula is C21H20N4O4. The van der Waals surface area contributed by atoms with Gasteiger partial charge in [-0.05, 0) is 29.8 Å². The summed E-state index contributed by atoms with van der Waals surface area (Å²) in [6.45, 7) is 0.552. The van der Waals surface area contributed by atoms with Gasteiger partial charge in [-0.2, -0.15) is 0 Å². The minimum absolute atomic E-state index is 0.125. The van der Waals surface area contributed by atoms with E-state index in [4.69, 9.17) is 9.47 Å². The molecule has 0 aliphatic rings. The van der Waals surface area contributed by atoms with Crippen LogP contribution in [0.5, 0.6) is 5.75 Å². The van der Waals surface area contributed by atoms with Crippen molar-refractivity contribution in [1.29, 1.82) is 0 Å². The number of esters is 1. The molecule has 2 aromatic carbocycles. The van der Waals surface area contributed by atoms with Crippen molar-refractivity contribution < 1.29 is 19.1 Å². The lowest BCUT2D eigenvalue weighted by atomic mass is 10.1. The number of nitrogens with zero attached hydrogens (tertiary/aromatic N) is 2. The fraction of sp³-hybridized carbons (Fsp3) is 0.143. The number of ether oxygens (including phenoxy) is 2. The maximum Gasteiger partial charge on any atom is 0.339 e. The van der Waals surface area contributed by atoms with E-state index in [0.29, 0.717) is 18.1 Å². The molecule has 0 aliphatic heterocycles. The summed E-state index contributed by atoms with van der Waals surface area (Å²) in [5, 5.41) is 5.79. The zero-order valence-corrected chi connectivity index (χ0v) is 16.0. The van der Waals surface area contributed by atoms with Gasteiger partial charge in [-0.25, -0.2) is 14.8 Å². The van der Waals surface area contributed by atoms with Gasteiger partial charge in [0.15, 0.2) is 0 Å². The third-order valence-corrected chi connectivity index (χ3v) is 4.10. The van der Waals surface area contributed by atoms with Gasteiger partial charge in [-0.3, -0.25) is 4.79 Å². The Labute approximate surface area is 167 Å². The average molecular weight is 392 g/mol. The second kappa shape index (κ2) is 9.32. The summed E-state index contributed by atoms with van der Waals surface area (Å²) in [6.07, 6.45) is 2.84. The van der Waals surface area contributed by atoms with E-state index in [9.17, 15) is 9.59 Å². The van der Waals surface area contributed by atoms with E-state index in [0.717, 1.165) is 11.3 Å². The van der Waals surface area contributed by atoms with Crippen LogP contribution in [-0.4, -0.2) is 36.1 Å². The van der Waals surface area contributed by atoms with Crippen molar-refractivity contribution in [2.24, 2.45) is 0 Å². The van der Waals surface area contributed by atoms with Gasteiger partial charge >= 0.3 is 5.97 Å². The van der Waals surface area contributed by atoms with Crippen LogP contribution in [0.25, 0.3) is 0 Å². The summed E-state index contributed by atoms with van der Waals surface area (Å²) >= 11 is 0. The molecule has 0 aliphatic carbocycles. The summed E-state index contributed by atoms with van der Waals surface area (Å²) in [4.78, 5) is 32.6. The number of methoxy groups -OCH3 is 2. The largest absolute Gasteiger partial charge is 0.497 e. The van der Waals surface area contributed by atoms with Gasteiger partial charge in [-0.1, -0.05) is 24.3 Å². The first-order chi connectivity index (χ1) is 14.1. The van der Waals surface area contributed by atoms with Crippen LogP contribution in [0.4, 0.5) is 11.5 Å². The summed E-state index contributed by atoms with van der Waals surface area (Å²) in [5.74, 6) is 0.311. The van der Waals surface area contributed by atoms with E-state index in [1.54, 1.807) is 31.4 Å². The molecule has 0 spiro atoms. The number of hydrogen-bond donors (Lipinski definition) is 2. The highest BCUT2D eigenvalue weighted by atomic mass is 16.5. The van der Waals surface area contributed by atoms with Crippen LogP contribution < -0.4 is 15.4 Å². The third-order valence-electron chi connectivity index (χ3n) is 4.10. The molecule has 1 aromatic heterocycles. The Kier molecular flexibility index (Phi) is 6.36. The molecule has 0 fully saturated rings. The van der Waals surface area contributed by atoms with E-state index in [-0.39, 0.29) is 11.3 Å². The summed E-state index contributed by atoms with van der Waals surface area (Å²) in [6, 6.07) is 14.2. The topological polar surface area (TPSA) is 102 Å². The van der Waals surface area contributed by atoms with Gasteiger partial charge < -0.3 is 20.1 Å². The Morgan fingerprint density at radius 3 is 2.38 bits per heavy atom. The number of aromatic nitrogens is 2. The predicted octanol–water partition coefficient (Wildman–Crippen LogP) is 3.14. The second-order valence-electron chi connectivity index (χ2n) is 5.98. The number of nitrogens with one attached hydrogen (secondary N) is 2. The zero-order chi connectivity index (χ0) is 20.6. The molecular weight excluding hydrogens is 372 g/mol. The number of anilines is 2. The first kappa shape index (κ1) is 19.8. The summed E-state index contributed by atoms with van der Waals surface area (Å²) in [7, 11) is 2.90. The molecule has 0 saturated heterocycles. The molecule has 148 valence electrons. The lowest BCUT2D eigenvalue weighted by Gasteiger charge is -2.10. The highest BCUT2D eigenvalue weighted by molar-refractivity contribution is 6.06. The average Bonchev–Trinajstić information content (AvgIpc) is 2.78. The molecule has 3 aromatic rings. The Morgan fingerprint density at radius 1 is 0.966 bits per heavy atom. The maximum absolute atomic E-state index is 12.4. The standard InChI is InChI=1S/C21H20N4O4/c1-28-15-9-7-14(8-10-15)11-23-19-13-22-18(12-24-19)20(26)25-17-6-4-3-5-16(17)21(27)29-2/h3-10,12-13H,11H2,1-2H3,(H,23,24)(H,25,26). The minimum atomic E-state index is -0.537. The first-order valence-electron chi connectivity index (χ1n) is 8.78. The van der Waals surface area contributed by atoms with Gasteiger partial charge in [0.1, 0.15) is 17.3 Å². The van der Waals surface area contributed by atoms with Gasteiger partial charge in [0.05, 0.1) is 37.9 Å². The van der Waals surface area contributed by atoms with Crippen LogP contribution in [0.1, 0.15) is 26.4 Å². The molecule has 29 heavy (non-hydrogen) atoms. The lowest BCUT2D eigenvalue weighted by molar-refractivity contribution is 0.0602. The zero-order valence-electron chi connectivity index (χ0n) is 16.0. The SMILES string of the molecule is COC(=O)c1ccccc1NC(=O)c1cnc(NCc2ccc(OC)cc2)cn1. The molecule has 2 N–H and O–H groups in total. The van der Waals surface area contributed by atoms with E-state index >= 15 is 0 Å². The van der Waals surface area contributed by atoms with Crippen LogP contribution in [0, 0.1) is 0 Å². The first-order valence-corrected chi connectivity index (χ1v) is 8.78. The fourth-order valence-electron chi connectivity index (χ4n) is 2.54. The molecule has 8 nitrogen and oxygen atoms in total. The predicted molar refractivity (Wildman–Crippen MR) is 108 cm³/mol. The number of benzene rings is 2. The maximum atomic E-state index is 12.4. The molecule has 0 bridgehead atoms. The van der Waals surface area contributed by atoms with Gasteiger partial charge in [0.25, 0.3) is 5.91 Å². The van der Waals surface area contributed by atoms with Crippen LogP contribution in [0.3, 0.4) is 0 Å².